The SMILES string of the molecule is CCCCCCCCCCCCCCCCCCCCCCCCC/C=C/C(O)C(COP(=O)(O)OCC[N+](C)(C)C)NC(=O)CCCC. The van der Waals surface area contributed by atoms with Crippen molar-refractivity contribution < 1.29 is 32.9 Å². The number of rotatable bonds is 37. The first-order valence-corrected chi connectivity index (χ1v) is 22.1. The lowest BCUT2D eigenvalue weighted by Crippen LogP contribution is -2.45. The molecule has 49 heavy (non-hydrogen) atoms. The fourth-order valence-corrected chi connectivity index (χ4v) is 6.64. The highest BCUT2D eigenvalue weighted by molar-refractivity contribution is 7.47. The smallest absolute Gasteiger partial charge is 0.387 e. The average Bonchev–Trinajstić information content (AvgIpc) is 3.04. The molecule has 0 radical (unpaired) electrons. The minimum absolute atomic E-state index is 0.0623. The van der Waals surface area contributed by atoms with Crippen LogP contribution in [0.3, 0.4) is 0 Å². The summed E-state index contributed by atoms with van der Waals surface area (Å²) in [5.41, 5.74) is 0. The van der Waals surface area contributed by atoms with E-state index in [0.29, 0.717) is 17.4 Å². The van der Waals surface area contributed by atoms with Gasteiger partial charge in [0, 0.05) is 6.42 Å². The quantitative estimate of drug-likeness (QED) is 0.0256. The van der Waals surface area contributed by atoms with Crippen LogP contribution in [0.15, 0.2) is 12.2 Å². The highest BCUT2D eigenvalue weighted by Gasteiger charge is 2.27. The molecule has 0 spiro atoms. The Kier molecular flexibility index (Phi) is 32.6. The van der Waals surface area contributed by atoms with Crippen LogP contribution in [0.5, 0.6) is 0 Å². The second-order valence-electron chi connectivity index (χ2n) is 15.4. The zero-order chi connectivity index (χ0) is 36.5. The van der Waals surface area contributed by atoms with Crippen LogP contribution in [0.4, 0.5) is 0 Å². The zero-order valence-electron chi connectivity index (χ0n) is 32.9. The molecule has 292 valence electrons. The van der Waals surface area contributed by atoms with Crippen LogP contribution in [0, 0.1) is 0 Å². The summed E-state index contributed by atoms with van der Waals surface area (Å²) in [6.45, 7) is 4.57. The molecule has 0 rings (SSSR count). The fourth-order valence-electron chi connectivity index (χ4n) is 5.90. The molecule has 0 aromatic carbocycles. The lowest BCUT2D eigenvalue weighted by atomic mass is 10.0. The number of hydrogen-bond acceptors (Lipinski definition) is 5. The molecule has 0 bridgehead atoms. The number of amides is 1. The Morgan fingerprint density at radius 1 is 0.673 bits per heavy atom. The normalized spacial score (nSPS) is 14.7. The van der Waals surface area contributed by atoms with E-state index in [1.54, 1.807) is 6.08 Å². The molecular formula is C40H82N2O6P+. The highest BCUT2D eigenvalue weighted by Crippen LogP contribution is 2.43. The fraction of sp³-hybridized carbons (Fsp3) is 0.925. The molecule has 8 nitrogen and oxygen atoms in total. The van der Waals surface area contributed by atoms with E-state index in [0.717, 1.165) is 32.1 Å². The van der Waals surface area contributed by atoms with Gasteiger partial charge in [0.2, 0.25) is 5.91 Å². The first-order valence-electron chi connectivity index (χ1n) is 20.6. The van der Waals surface area contributed by atoms with Crippen molar-refractivity contribution in [2.45, 2.75) is 199 Å². The summed E-state index contributed by atoms with van der Waals surface area (Å²) in [5, 5.41) is 13.5. The molecule has 0 aromatic rings. The molecule has 1 amide bonds. The van der Waals surface area contributed by atoms with Crippen LogP contribution >= 0.6 is 7.82 Å². The van der Waals surface area contributed by atoms with Gasteiger partial charge in [0.15, 0.2) is 0 Å². The number of carbonyl (C=O) groups excluding carboxylic acids is 1. The maximum Gasteiger partial charge on any atom is 0.472 e. The molecule has 0 saturated heterocycles. The number of likely N-dealkylation sites (N-methyl/N-ethyl adjacent to an activating group) is 1. The van der Waals surface area contributed by atoms with E-state index in [1.165, 1.54) is 135 Å². The largest absolute Gasteiger partial charge is 0.472 e. The van der Waals surface area contributed by atoms with Crippen LogP contribution < -0.4 is 5.32 Å². The number of aliphatic hydroxyl groups excluding tert-OH is 1. The summed E-state index contributed by atoms with van der Waals surface area (Å²) in [5.74, 6) is -0.212. The summed E-state index contributed by atoms with van der Waals surface area (Å²) in [4.78, 5) is 22.4. The van der Waals surface area contributed by atoms with Crippen molar-refractivity contribution in [3.05, 3.63) is 12.2 Å². The van der Waals surface area contributed by atoms with Crippen LogP contribution in [0.1, 0.15) is 187 Å². The molecule has 0 aromatic heterocycles. The molecule has 3 unspecified atom stereocenters. The van der Waals surface area contributed by atoms with E-state index in [9.17, 15) is 19.4 Å². The number of hydrogen-bond donors (Lipinski definition) is 3. The Labute approximate surface area is 303 Å². The number of aliphatic hydroxyl groups is 1. The maximum absolute atomic E-state index is 12.4. The Bertz CT molecular complexity index is 819. The number of phosphoric acid groups is 1. The second-order valence-corrected chi connectivity index (χ2v) is 16.8. The monoisotopic (exact) mass is 718 g/mol. The van der Waals surface area contributed by atoms with Crippen LogP contribution in [-0.2, 0) is 18.4 Å². The molecule has 0 fully saturated rings. The molecule has 3 atom stereocenters. The number of allylic oxidation sites excluding steroid dienone is 1. The van der Waals surface area contributed by atoms with Crippen molar-refractivity contribution in [3.63, 3.8) is 0 Å². The number of phosphoric ester groups is 1. The summed E-state index contributed by atoms with van der Waals surface area (Å²) in [6.07, 6.45) is 36.9. The Morgan fingerprint density at radius 3 is 1.49 bits per heavy atom. The summed E-state index contributed by atoms with van der Waals surface area (Å²) < 4.78 is 23.2. The molecular weight excluding hydrogens is 635 g/mol. The van der Waals surface area contributed by atoms with Crippen LogP contribution in [0.25, 0.3) is 0 Å². The summed E-state index contributed by atoms with van der Waals surface area (Å²) in [7, 11) is 1.57. The van der Waals surface area contributed by atoms with Crippen molar-refractivity contribution in [1.29, 1.82) is 0 Å². The maximum atomic E-state index is 12.4. The van der Waals surface area contributed by atoms with Gasteiger partial charge in [0.25, 0.3) is 0 Å². The van der Waals surface area contributed by atoms with Gasteiger partial charge in [-0.2, -0.15) is 0 Å². The first-order chi connectivity index (χ1) is 23.5. The third-order valence-electron chi connectivity index (χ3n) is 9.26. The van der Waals surface area contributed by atoms with Gasteiger partial charge in [-0.3, -0.25) is 13.8 Å². The number of quaternary nitrogens is 1. The zero-order valence-corrected chi connectivity index (χ0v) is 33.8. The highest BCUT2D eigenvalue weighted by atomic mass is 31.2. The van der Waals surface area contributed by atoms with Crippen molar-refractivity contribution in [2.75, 3.05) is 40.9 Å². The van der Waals surface area contributed by atoms with E-state index >= 15 is 0 Å². The van der Waals surface area contributed by atoms with Crippen LogP contribution in [0.2, 0.25) is 0 Å². The summed E-state index contributed by atoms with van der Waals surface area (Å²) >= 11 is 0. The van der Waals surface area contributed by atoms with E-state index in [2.05, 4.69) is 12.2 Å². The molecule has 0 heterocycles. The predicted octanol–water partition coefficient (Wildman–Crippen LogP) is 10.8. The second kappa shape index (κ2) is 33.1. The molecule has 0 aliphatic carbocycles. The van der Waals surface area contributed by atoms with Gasteiger partial charge >= 0.3 is 7.82 Å². The lowest BCUT2D eigenvalue weighted by Gasteiger charge is -2.25. The molecule has 9 heteroatoms. The van der Waals surface area contributed by atoms with E-state index < -0.39 is 20.0 Å². The van der Waals surface area contributed by atoms with Gasteiger partial charge in [-0.15, -0.1) is 0 Å². The van der Waals surface area contributed by atoms with Crippen molar-refractivity contribution in [2.24, 2.45) is 0 Å². The Morgan fingerprint density at radius 2 is 1.08 bits per heavy atom. The van der Waals surface area contributed by atoms with E-state index in [4.69, 9.17) is 9.05 Å². The van der Waals surface area contributed by atoms with Gasteiger partial charge in [0.05, 0.1) is 39.9 Å². The van der Waals surface area contributed by atoms with E-state index in [1.807, 2.05) is 34.1 Å². The van der Waals surface area contributed by atoms with Gasteiger partial charge in [-0.05, 0) is 19.3 Å². The Balaban J connectivity index is 3.91. The minimum atomic E-state index is -4.31. The predicted molar refractivity (Wildman–Crippen MR) is 208 cm³/mol. The number of unbranched alkanes of at least 4 members (excludes halogenated alkanes) is 24. The number of nitrogens with one attached hydrogen (secondary N) is 1. The lowest BCUT2D eigenvalue weighted by molar-refractivity contribution is -0.870. The van der Waals surface area contributed by atoms with Crippen molar-refractivity contribution >= 4 is 13.7 Å². The molecule has 0 saturated carbocycles. The topological polar surface area (TPSA) is 105 Å². The Hall–Kier alpha value is -0.760. The van der Waals surface area contributed by atoms with Gasteiger partial charge in [0.1, 0.15) is 13.2 Å². The molecule has 3 N–H and O–H groups in total. The third-order valence-corrected chi connectivity index (χ3v) is 10.2. The standard InChI is InChI=1S/C40H81N2O6P/c1-6-8-10-11-12-13-14-15-16-17-18-19-20-21-22-23-24-25-26-27-28-29-30-31-32-33-39(43)38(41-40(44)34-9-7-2)37-48-49(45,46)47-36-35-42(3,4)5/h32-33,38-39,43H,6-31,34-37H2,1-5H3,(H-,41,44,45,46)/p+1/b33-32+. The van der Waals surface area contributed by atoms with Gasteiger partial charge in [-0.25, -0.2) is 4.57 Å². The van der Waals surface area contributed by atoms with E-state index in [-0.39, 0.29) is 19.1 Å². The van der Waals surface area contributed by atoms with Gasteiger partial charge in [-0.1, -0.05) is 174 Å². The number of nitrogens with zero attached hydrogens (tertiary/aromatic N) is 1. The molecule has 0 aliphatic heterocycles. The first kappa shape index (κ1) is 48.2. The van der Waals surface area contributed by atoms with Crippen molar-refractivity contribution in [3.8, 4) is 0 Å². The van der Waals surface area contributed by atoms with Crippen LogP contribution in [-0.4, -0.2) is 73.4 Å². The molecule has 0 aliphatic rings. The van der Waals surface area contributed by atoms with Gasteiger partial charge < -0.3 is 19.8 Å². The summed E-state index contributed by atoms with van der Waals surface area (Å²) in [6, 6.07) is -0.836. The third kappa shape index (κ3) is 35.4. The van der Waals surface area contributed by atoms with Crippen molar-refractivity contribution in [1.82, 2.24) is 5.32 Å². The minimum Gasteiger partial charge on any atom is -0.387 e. The average molecular weight is 718 g/mol. The number of carbonyl (C=O) groups is 1.